The summed E-state index contributed by atoms with van der Waals surface area (Å²) >= 11 is 0. The minimum Gasteiger partial charge on any atom is -0.330 e. The van der Waals surface area contributed by atoms with Crippen molar-refractivity contribution in [3.05, 3.63) is 0 Å². The van der Waals surface area contributed by atoms with Crippen LogP contribution in [0.15, 0.2) is 0 Å². The van der Waals surface area contributed by atoms with E-state index in [4.69, 9.17) is 5.73 Å². The van der Waals surface area contributed by atoms with Gasteiger partial charge in [0.15, 0.2) is 0 Å². The second kappa shape index (κ2) is 6.16. The van der Waals surface area contributed by atoms with Crippen molar-refractivity contribution in [2.24, 2.45) is 11.1 Å². The molecular formula is C12H26N2O2S. The molecule has 0 unspecified atom stereocenters. The minimum absolute atomic E-state index is 0.00888. The van der Waals surface area contributed by atoms with Crippen molar-refractivity contribution < 1.29 is 8.42 Å². The van der Waals surface area contributed by atoms with Gasteiger partial charge in [0.05, 0.1) is 5.25 Å². The van der Waals surface area contributed by atoms with Gasteiger partial charge in [0.2, 0.25) is 10.0 Å². The zero-order valence-electron chi connectivity index (χ0n) is 11.0. The van der Waals surface area contributed by atoms with Crippen molar-refractivity contribution >= 4 is 10.0 Å². The molecule has 0 aromatic heterocycles. The summed E-state index contributed by atoms with van der Waals surface area (Å²) in [5.74, 6) is 0. The lowest BCUT2D eigenvalue weighted by Gasteiger charge is -2.25. The Hall–Kier alpha value is -0.130. The number of nitrogens with one attached hydrogen (secondary N) is 1. The molecule has 1 fully saturated rings. The topological polar surface area (TPSA) is 72.2 Å². The number of sulfonamides is 1. The van der Waals surface area contributed by atoms with Gasteiger partial charge >= 0.3 is 0 Å². The molecule has 3 N–H and O–H groups in total. The van der Waals surface area contributed by atoms with Gasteiger partial charge in [-0.2, -0.15) is 0 Å². The molecule has 0 aliphatic heterocycles. The third kappa shape index (κ3) is 4.94. The number of hydrogen-bond acceptors (Lipinski definition) is 3. The normalized spacial score (nSPS) is 18.8. The summed E-state index contributed by atoms with van der Waals surface area (Å²) in [5.41, 5.74) is 5.47. The van der Waals surface area contributed by atoms with Crippen LogP contribution < -0.4 is 10.5 Å². The van der Waals surface area contributed by atoms with Crippen LogP contribution in [-0.4, -0.2) is 26.8 Å². The molecule has 0 heterocycles. The lowest BCUT2D eigenvalue weighted by molar-refractivity contribution is 0.326. The summed E-state index contributed by atoms with van der Waals surface area (Å²) in [4.78, 5) is 0. The Morgan fingerprint density at radius 3 is 2.41 bits per heavy atom. The van der Waals surface area contributed by atoms with Crippen LogP contribution in [0.5, 0.6) is 0 Å². The van der Waals surface area contributed by atoms with Crippen LogP contribution in [0.25, 0.3) is 0 Å². The zero-order valence-corrected chi connectivity index (χ0v) is 11.9. The Bertz CT molecular complexity index is 319. The summed E-state index contributed by atoms with van der Waals surface area (Å²) in [6.07, 6.45) is 5.62. The molecule has 1 rings (SSSR count). The van der Waals surface area contributed by atoms with Crippen LogP contribution in [-0.2, 0) is 10.0 Å². The molecule has 5 heteroatoms. The number of nitrogens with two attached hydrogens (primary N) is 1. The van der Waals surface area contributed by atoms with E-state index in [0.29, 0.717) is 13.1 Å². The Morgan fingerprint density at radius 2 is 1.88 bits per heavy atom. The Balaban J connectivity index is 2.43. The molecular weight excluding hydrogens is 236 g/mol. The second-order valence-electron chi connectivity index (χ2n) is 5.83. The van der Waals surface area contributed by atoms with Gasteiger partial charge in [-0.3, -0.25) is 0 Å². The van der Waals surface area contributed by atoms with E-state index in [2.05, 4.69) is 18.6 Å². The van der Waals surface area contributed by atoms with Crippen molar-refractivity contribution in [2.45, 2.75) is 57.6 Å². The van der Waals surface area contributed by atoms with E-state index in [9.17, 15) is 8.42 Å². The first-order valence-electron chi connectivity index (χ1n) is 6.56. The molecule has 0 saturated heterocycles. The minimum atomic E-state index is -3.10. The van der Waals surface area contributed by atoms with E-state index in [1.807, 2.05) is 0 Å². The largest absolute Gasteiger partial charge is 0.330 e. The van der Waals surface area contributed by atoms with Gasteiger partial charge in [-0.05, 0) is 37.6 Å². The molecule has 17 heavy (non-hydrogen) atoms. The first-order valence-corrected chi connectivity index (χ1v) is 8.10. The van der Waals surface area contributed by atoms with E-state index in [-0.39, 0.29) is 10.7 Å². The van der Waals surface area contributed by atoms with Gasteiger partial charge < -0.3 is 5.73 Å². The van der Waals surface area contributed by atoms with Crippen LogP contribution in [0.1, 0.15) is 52.4 Å². The quantitative estimate of drug-likeness (QED) is 0.732. The van der Waals surface area contributed by atoms with E-state index < -0.39 is 10.0 Å². The van der Waals surface area contributed by atoms with Gasteiger partial charge in [0.25, 0.3) is 0 Å². The predicted molar refractivity (Wildman–Crippen MR) is 71.2 cm³/mol. The molecule has 0 aromatic rings. The molecule has 4 nitrogen and oxygen atoms in total. The lowest BCUT2D eigenvalue weighted by Crippen LogP contribution is -2.39. The summed E-state index contributed by atoms with van der Waals surface area (Å²) < 4.78 is 26.8. The Kier molecular flexibility index (Phi) is 5.41. The highest BCUT2D eigenvalue weighted by atomic mass is 32.2. The van der Waals surface area contributed by atoms with E-state index in [0.717, 1.165) is 38.5 Å². The van der Waals surface area contributed by atoms with Crippen molar-refractivity contribution in [2.75, 3.05) is 13.1 Å². The van der Waals surface area contributed by atoms with Crippen LogP contribution in [0.2, 0.25) is 0 Å². The molecule has 0 spiro atoms. The van der Waals surface area contributed by atoms with Gasteiger partial charge in [-0.1, -0.05) is 26.7 Å². The Morgan fingerprint density at radius 1 is 1.29 bits per heavy atom. The molecule has 1 aliphatic carbocycles. The molecule has 0 radical (unpaired) electrons. The first kappa shape index (κ1) is 14.9. The third-order valence-corrected chi connectivity index (χ3v) is 5.45. The predicted octanol–water partition coefficient (Wildman–Crippen LogP) is 1.61. The fourth-order valence-corrected chi connectivity index (χ4v) is 4.06. The number of rotatable bonds is 7. The Labute approximate surface area is 105 Å². The maximum atomic E-state index is 12.0. The van der Waals surface area contributed by atoms with Crippen LogP contribution >= 0.6 is 0 Å². The maximum absolute atomic E-state index is 12.0. The fourth-order valence-electron chi connectivity index (χ4n) is 2.28. The van der Waals surface area contributed by atoms with Gasteiger partial charge in [-0.15, -0.1) is 0 Å². The number of hydrogen-bond donors (Lipinski definition) is 2. The summed E-state index contributed by atoms with van der Waals surface area (Å²) in [7, 11) is -3.10. The summed E-state index contributed by atoms with van der Waals surface area (Å²) in [5, 5.41) is -0.159. The third-order valence-electron chi connectivity index (χ3n) is 3.55. The average Bonchev–Trinajstić information content (AvgIpc) is 2.78. The maximum Gasteiger partial charge on any atom is 0.214 e. The second-order valence-corrected chi connectivity index (χ2v) is 7.87. The molecule has 1 aliphatic rings. The van der Waals surface area contributed by atoms with E-state index >= 15 is 0 Å². The standard InChI is InChI=1S/C12H26N2O2S/c1-12(2,8-5-9-13)10-14-17(15,16)11-6-3-4-7-11/h11,14H,3-10,13H2,1-2H3. The smallest absolute Gasteiger partial charge is 0.214 e. The van der Waals surface area contributed by atoms with Crippen LogP contribution in [0.4, 0.5) is 0 Å². The average molecular weight is 262 g/mol. The summed E-state index contributed by atoms with van der Waals surface area (Å²) in [6, 6.07) is 0. The first-order chi connectivity index (χ1) is 7.87. The van der Waals surface area contributed by atoms with Crippen molar-refractivity contribution in [3.63, 3.8) is 0 Å². The van der Waals surface area contributed by atoms with Crippen molar-refractivity contribution in [1.82, 2.24) is 4.72 Å². The van der Waals surface area contributed by atoms with Gasteiger partial charge in [0.1, 0.15) is 0 Å². The molecule has 0 amide bonds. The van der Waals surface area contributed by atoms with Crippen LogP contribution in [0.3, 0.4) is 0 Å². The highest BCUT2D eigenvalue weighted by Crippen LogP contribution is 2.26. The molecule has 0 atom stereocenters. The van der Waals surface area contributed by atoms with E-state index in [1.54, 1.807) is 0 Å². The monoisotopic (exact) mass is 262 g/mol. The highest BCUT2D eigenvalue weighted by Gasteiger charge is 2.30. The zero-order chi connectivity index (χ0) is 12.9. The van der Waals surface area contributed by atoms with Crippen molar-refractivity contribution in [1.29, 1.82) is 0 Å². The van der Waals surface area contributed by atoms with Gasteiger partial charge in [-0.25, -0.2) is 13.1 Å². The van der Waals surface area contributed by atoms with Crippen molar-refractivity contribution in [3.8, 4) is 0 Å². The molecule has 1 saturated carbocycles. The molecule has 102 valence electrons. The fraction of sp³-hybridized carbons (Fsp3) is 1.00. The molecule has 0 bridgehead atoms. The highest BCUT2D eigenvalue weighted by molar-refractivity contribution is 7.90. The van der Waals surface area contributed by atoms with Gasteiger partial charge in [0, 0.05) is 6.54 Å². The van der Waals surface area contributed by atoms with E-state index in [1.165, 1.54) is 0 Å². The molecule has 0 aromatic carbocycles. The SMILES string of the molecule is CC(C)(CCCN)CNS(=O)(=O)C1CCCC1. The lowest BCUT2D eigenvalue weighted by atomic mass is 9.88. The van der Waals surface area contributed by atoms with Crippen LogP contribution in [0, 0.1) is 5.41 Å². The summed E-state index contributed by atoms with van der Waals surface area (Å²) in [6.45, 7) is 5.35.